The van der Waals surface area contributed by atoms with Crippen molar-refractivity contribution in [1.82, 2.24) is 15.3 Å². The van der Waals surface area contributed by atoms with Crippen LogP contribution in [0.1, 0.15) is 45.5 Å². The molecular formula is C12H19N3O. The van der Waals surface area contributed by atoms with Gasteiger partial charge in [0.1, 0.15) is 11.4 Å². The first kappa shape index (κ1) is 11.3. The van der Waals surface area contributed by atoms with E-state index in [2.05, 4.69) is 15.3 Å². The molecule has 1 aliphatic heterocycles. The summed E-state index contributed by atoms with van der Waals surface area (Å²) >= 11 is 0. The summed E-state index contributed by atoms with van der Waals surface area (Å²) in [4.78, 5) is 8.69. The molecule has 0 spiro atoms. The van der Waals surface area contributed by atoms with Gasteiger partial charge in [0.25, 0.3) is 0 Å². The number of aromatic nitrogens is 2. The number of rotatable bonds is 2. The molecule has 1 unspecified atom stereocenters. The van der Waals surface area contributed by atoms with Crippen LogP contribution in [0.3, 0.4) is 0 Å². The number of hydrogen-bond acceptors (Lipinski definition) is 4. The minimum Gasteiger partial charge on any atom is -0.485 e. The third-order valence-corrected chi connectivity index (χ3v) is 2.44. The molecule has 0 aliphatic carbocycles. The number of nitrogens with one attached hydrogen (secondary N) is 1. The van der Waals surface area contributed by atoms with Crippen LogP contribution in [0.25, 0.3) is 0 Å². The van der Waals surface area contributed by atoms with E-state index in [1.54, 1.807) is 12.4 Å². The van der Waals surface area contributed by atoms with Gasteiger partial charge in [-0.25, -0.2) is 9.97 Å². The summed E-state index contributed by atoms with van der Waals surface area (Å²) in [7, 11) is 0. The Kier molecular flexibility index (Phi) is 3.10. The summed E-state index contributed by atoms with van der Waals surface area (Å²) in [5, 5.41) is 3.37. The summed E-state index contributed by atoms with van der Waals surface area (Å²) in [5.41, 5.74) is -0.198. The molecule has 1 N–H and O–H groups in total. The lowest BCUT2D eigenvalue weighted by Crippen LogP contribution is -2.23. The molecule has 2 rings (SSSR count). The Morgan fingerprint density at radius 1 is 1.31 bits per heavy atom. The van der Waals surface area contributed by atoms with Gasteiger partial charge in [-0.1, -0.05) is 0 Å². The maximum atomic E-state index is 5.67. The zero-order valence-corrected chi connectivity index (χ0v) is 10.2. The van der Waals surface area contributed by atoms with Gasteiger partial charge in [0.15, 0.2) is 5.75 Å². The molecule has 0 aromatic carbocycles. The van der Waals surface area contributed by atoms with Gasteiger partial charge in [-0.3, -0.25) is 0 Å². The first-order valence-corrected chi connectivity index (χ1v) is 5.79. The van der Waals surface area contributed by atoms with Crippen molar-refractivity contribution in [3.05, 3.63) is 18.2 Å². The molecule has 1 aromatic rings. The Morgan fingerprint density at radius 3 is 2.50 bits per heavy atom. The first-order chi connectivity index (χ1) is 7.54. The summed E-state index contributed by atoms with van der Waals surface area (Å²) in [5.74, 6) is 1.60. The van der Waals surface area contributed by atoms with Gasteiger partial charge in [0.2, 0.25) is 0 Å². The lowest BCUT2D eigenvalue weighted by molar-refractivity contribution is 0.129. The third kappa shape index (κ3) is 2.92. The van der Waals surface area contributed by atoms with E-state index >= 15 is 0 Å². The van der Waals surface area contributed by atoms with E-state index in [4.69, 9.17) is 4.74 Å². The van der Waals surface area contributed by atoms with Gasteiger partial charge in [0, 0.05) is 0 Å². The van der Waals surface area contributed by atoms with Crippen LogP contribution in [0.5, 0.6) is 5.75 Å². The molecule has 0 amide bonds. The molecule has 0 bridgehead atoms. The number of nitrogens with zero attached hydrogens (tertiary/aromatic N) is 2. The van der Waals surface area contributed by atoms with Gasteiger partial charge in [-0.15, -0.1) is 0 Å². The van der Waals surface area contributed by atoms with Crippen molar-refractivity contribution in [2.45, 2.75) is 45.3 Å². The lowest BCUT2D eigenvalue weighted by Gasteiger charge is -2.20. The van der Waals surface area contributed by atoms with Crippen LogP contribution in [0.2, 0.25) is 0 Å². The van der Waals surface area contributed by atoms with Crippen LogP contribution in [-0.4, -0.2) is 22.1 Å². The summed E-state index contributed by atoms with van der Waals surface area (Å²) in [6.45, 7) is 7.10. The molecule has 16 heavy (non-hydrogen) atoms. The largest absolute Gasteiger partial charge is 0.485 e. The van der Waals surface area contributed by atoms with Crippen LogP contribution >= 0.6 is 0 Å². The molecule has 2 heterocycles. The van der Waals surface area contributed by atoms with Crippen molar-refractivity contribution in [2.75, 3.05) is 6.54 Å². The van der Waals surface area contributed by atoms with Crippen LogP contribution < -0.4 is 10.1 Å². The second-order valence-electron chi connectivity index (χ2n) is 5.14. The predicted molar refractivity (Wildman–Crippen MR) is 62.4 cm³/mol. The van der Waals surface area contributed by atoms with Gasteiger partial charge < -0.3 is 10.1 Å². The predicted octanol–water partition coefficient (Wildman–Crippen LogP) is 2.08. The highest BCUT2D eigenvalue weighted by atomic mass is 16.5. The van der Waals surface area contributed by atoms with E-state index in [1.165, 1.54) is 6.42 Å². The van der Waals surface area contributed by atoms with Crippen molar-refractivity contribution >= 4 is 0 Å². The standard InChI is InChI=1S/C12H19N3O/c1-12(2,3)16-9-7-14-11(15-8-9)10-5-4-6-13-10/h7-8,10,13H,4-6H2,1-3H3. The van der Waals surface area contributed by atoms with E-state index in [0.29, 0.717) is 6.04 Å². The van der Waals surface area contributed by atoms with Crippen molar-refractivity contribution < 1.29 is 4.74 Å². The molecule has 1 aliphatic rings. The average molecular weight is 221 g/mol. The fourth-order valence-corrected chi connectivity index (χ4v) is 1.82. The topological polar surface area (TPSA) is 47.0 Å². The van der Waals surface area contributed by atoms with E-state index in [0.717, 1.165) is 24.5 Å². The van der Waals surface area contributed by atoms with Crippen molar-refractivity contribution in [3.63, 3.8) is 0 Å². The monoisotopic (exact) mass is 221 g/mol. The fraction of sp³-hybridized carbons (Fsp3) is 0.667. The third-order valence-electron chi connectivity index (χ3n) is 2.44. The summed E-state index contributed by atoms with van der Waals surface area (Å²) in [6.07, 6.45) is 5.84. The average Bonchev–Trinajstić information content (AvgIpc) is 2.69. The van der Waals surface area contributed by atoms with Gasteiger partial charge in [-0.05, 0) is 40.2 Å². The van der Waals surface area contributed by atoms with Crippen LogP contribution in [-0.2, 0) is 0 Å². The fourth-order valence-electron chi connectivity index (χ4n) is 1.82. The van der Waals surface area contributed by atoms with Gasteiger partial charge in [0.05, 0.1) is 18.4 Å². The Labute approximate surface area is 96.4 Å². The quantitative estimate of drug-likeness (QED) is 0.830. The van der Waals surface area contributed by atoms with E-state index < -0.39 is 0 Å². The Bertz CT molecular complexity index is 336. The SMILES string of the molecule is CC(C)(C)Oc1cnc(C2CCCN2)nc1. The zero-order valence-electron chi connectivity index (χ0n) is 10.2. The van der Waals surface area contributed by atoms with Crippen LogP contribution in [0.15, 0.2) is 12.4 Å². The zero-order chi connectivity index (χ0) is 11.6. The van der Waals surface area contributed by atoms with Gasteiger partial charge >= 0.3 is 0 Å². The number of ether oxygens (including phenoxy) is 1. The van der Waals surface area contributed by atoms with E-state index in [9.17, 15) is 0 Å². The highest BCUT2D eigenvalue weighted by Gasteiger charge is 2.19. The van der Waals surface area contributed by atoms with Crippen molar-refractivity contribution in [2.24, 2.45) is 0 Å². The maximum absolute atomic E-state index is 5.67. The van der Waals surface area contributed by atoms with Crippen LogP contribution in [0, 0.1) is 0 Å². The number of hydrogen-bond donors (Lipinski definition) is 1. The minimum atomic E-state index is -0.198. The molecule has 0 radical (unpaired) electrons. The lowest BCUT2D eigenvalue weighted by atomic mass is 10.2. The Balaban J connectivity index is 2.04. The van der Waals surface area contributed by atoms with Crippen LogP contribution in [0.4, 0.5) is 0 Å². The second-order valence-corrected chi connectivity index (χ2v) is 5.14. The van der Waals surface area contributed by atoms with Crippen molar-refractivity contribution in [3.8, 4) is 5.75 Å². The molecule has 0 saturated carbocycles. The van der Waals surface area contributed by atoms with Crippen molar-refractivity contribution in [1.29, 1.82) is 0 Å². The second kappa shape index (κ2) is 4.37. The molecule has 4 heteroatoms. The normalized spacial score (nSPS) is 21.1. The molecule has 1 fully saturated rings. The Hall–Kier alpha value is -1.16. The highest BCUT2D eigenvalue weighted by molar-refractivity contribution is 5.14. The summed E-state index contributed by atoms with van der Waals surface area (Å²) in [6, 6.07) is 0.323. The summed E-state index contributed by atoms with van der Waals surface area (Å²) < 4.78 is 5.67. The molecule has 88 valence electrons. The molecule has 1 saturated heterocycles. The Morgan fingerprint density at radius 2 is 2.00 bits per heavy atom. The maximum Gasteiger partial charge on any atom is 0.156 e. The van der Waals surface area contributed by atoms with E-state index in [1.807, 2.05) is 20.8 Å². The first-order valence-electron chi connectivity index (χ1n) is 5.79. The highest BCUT2D eigenvalue weighted by Crippen LogP contribution is 2.21. The van der Waals surface area contributed by atoms with E-state index in [-0.39, 0.29) is 5.60 Å². The minimum absolute atomic E-state index is 0.198. The van der Waals surface area contributed by atoms with Gasteiger partial charge in [-0.2, -0.15) is 0 Å². The molecular weight excluding hydrogens is 202 g/mol. The molecule has 1 atom stereocenters. The molecule has 1 aromatic heterocycles. The smallest absolute Gasteiger partial charge is 0.156 e. The molecule has 4 nitrogen and oxygen atoms in total.